The van der Waals surface area contributed by atoms with Gasteiger partial charge in [0, 0.05) is 23.3 Å². The Bertz CT molecular complexity index is 1640. The highest BCUT2D eigenvalue weighted by molar-refractivity contribution is 7.15. The molecule has 0 bridgehead atoms. The Labute approximate surface area is 214 Å². The highest BCUT2D eigenvalue weighted by Crippen LogP contribution is 2.44. The van der Waals surface area contributed by atoms with Gasteiger partial charge < -0.3 is 9.67 Å². The van der Waals surface area contributed by atoms with Gasteiger partial charge in [-0.1, -0.05) is 37.5 Å². The Morgan fingerprint density at radius 2 is 1.81 bits per heavy atom. The summed E-state index contributed by atoms with van der Waals surface area (Å²) in [6.45, 7) is 4.07. The molecular weight excluding hydrogens is 466 g/mol. The van der Waals surface area contributed by atoms with Gasteiger partial charge in [-0.15, -0.1) is 11.3 Å². The molecule has 5 nitrogen and oxygen atoms in total. The lowest BCUT2D eigenvalue weighted by Gasteiger charge is -2.23. The summed E-state index contributed by atoms with van der Waals surface area (Å²) in [7, 11) is 2.07. The van der Waals surface area contributed by atoms with Gasteiger partial charge in [0.25, 0.3) is 0 Å². The molecule has 1 fully saturated rings. The fourth-order valence-electron chi connectivity index (χ4n) is 5.92. The molecule has 1 saturated carbocycles. The molecule has 3 heterocycles. The summed E-state index contributed by atoms with van der Waals surface area (Å²) in [5.74, 6) is -0.403. The molecule has 0 saturated heterocycles. The van der Waals surface area contributed by atoms with Gasteiger partial charge in [-0.05, 0) is 74.1 Å². The summed E-state index contributed by atoms with van der Waals surface area (Å²) < 4.78 is 2.19. The average Bonchev–Trinajstić information content (AvgIpc) is 3.38. The van der Waals surface area contributed by atoms with Crippen molar-refractivity contribution in [2.24, 2.45) is 7.05 Å². The minimum absolute atomic E-state index is 0.327. The van der Waals surface area contributed by atoms with Crippen molar-refractivity contribution in [3.63, 3.8) is 0 Å². The third-order valence-electron chi connectivity index (χ3n) is 7.60. The Morgan fingerprint density at radius 1 is 1.00 bits per heavy atom. The second kappa shape index (κ2) is 8.86. The summed E-state index contributed by atoms with van der Waals surface area (Å²) >= 11 is 1.68. The number of nitrogens with zero attached hydrogens (tertiary/aromatic N) is 3. The Kier molecular flexibility index (Phi) is 5.64. The maximum atomic E-state index is 11.7. The first kappa shape index (κ1) is 22.9. The lowest BCUT2D eigenvalue weighted by molar-refractivity contribution is 0.0697. The first-order valence-electron chi connectivity index (χ1n) is 12.6. The van der Waals surface area contributed by atoms with Crippen LogP contribution in [0.4, 0.5) is 0 Å². The molecule has 1 N–H and O–H groups in total. The van der Waals surface area contributed by atoms with Crippen molar-refractivity contribution < 1.29 is 9.90 Å². The number of aromatic carboxylic acids is 1. The topological polar surface area (TPSA) is 68.0 Å². The number of thiazole rings is 1. The fourth-order valence-corrected chi connectivity index (χ4v) is 6.81. The van der Waals surface area contributed by atoms with E-state index in [4.69, 9.17) is 4.98 Å². The number of hydrogen-bond acceptors (Lipinski definition) is 4. The number of pyridine rings is 1. The number of aryl methyl sites for hydroxylation is 3. The molecule has 5 aromatic rings. The molecular formula is C30H29N3O2S. The van der Waals surface area contributed by atoms with E-state index in [0.29, 0.717) is 11.5 Å². The summed E-state index contributed by atoms with van der Waals surface area (Å²) in [5.41, 5.74) is 7.97. The Morgan fingerprint density at radius 3 is 2.53 bits per heavy atom. The van der Waals surface area contributed by atoms with E-state index in [2.05, 4.69) is 46.9 Å². The number of carboxylic acid groups (broad SMARTS) is 1. The standard InChI is InChI=1S/C30H29N3O2S/c1-17-29(36-18(2)31-17)25-14-10-20-15-21(11-13-24(20)32-25)28-27(19-7-5-4-6-8-19)23-12-9-22(30(34)35)16-26(23)33(28)3/h9-16,19H,4-8H2,1-3H3,(H,34,35). The zero-order valence-corrected chi connectivity index (χ0v) is 21.7. The van der Waals surface area contributed by atoms with Crippen molar-refractivity contribution in [3.8, 4) is 21.8 Å². The predicted molar refractivity (Wildman–Crippen MR) is 147 cm³/mol. The average molecular weight is 496 g/mol. The molecule has 6 rings (SSSR count). The first-order chi connectivity index (χ1) is 17.4. The smallest absolute Gasteiger partial charge is 0.335 e. The molecule has 0 spiro atoms. The second-order valence-corrected chi connectivity index (χ2v) is 11.1. The number of rotatable bonds is 4. The molecule has 1 aliphatic rings. The molecule has 0 amide bonds. The van der Waals surface area contributed by atoms with Crippen LogP contribution in [0.15, 0.2) is 48.5 Å². The van der Waals surface area contributed by atoms with Gasteiger partial charge in [0.15, 0.2) is 0 Å². The Balaban J connectivity index is 1.52. The summed E-state index contributed by atoms with van der Waals surface area (Å²) in [5, 5.41) is 12.9. The van der Waals surface area contributed by atoms with Gasteiger partial charge in [0.2, 0.25) is 0 Å². The van der Waals surface area contributed by atoms with Gasteiger partial charge in [-0.3, -0.25) is 0 Å². The van der Waals surface area contributed by atoms with Crippen LogP contribution in [-0.4, -0.2) is 25.6 Å². The normalized spacial score (nSPS) is 14.6. The van der Waals surface area contributed by atoms with Crippen LogP contribution < -0.4 is 0 Å². The number of aromatic nitrogens is 3. The van der Waals surface area contributed by atoms with Crippen molar-refractivity contribution in [1.82, 2.24) is 14.5 Å². The molecule has 0 radical (unpaired) electrons. The maximum absolute atomic E-state index is 11.7. The zero-order chi connectivity index (χ0) is 25.0. The lowest BCUT2D eigenvalue weighted by atomic mass is 9.81. The summed E-state index contributed by atoms with van der Waals surface area (Å²) in [6, 6.07) is 16.3. The number of benzene rings is 2. The Hall–Kier alpha value is -3.51. The van der Waals surface area contributed by atoms with Crippen LogP contribution in [0.5, 0.6) is 0 Å². The molecule has 6 heteroatoms. The molecule has 1 aliphatic carbocycles. The molecule has 36 heavy (non-hydrogen) atoms. The first-order valence-corrected chi connectivity index (χ1v) is 13.4. The van der Waals surface area contributed by atoms with Crippen LogP contribution in [0.2, 0.25) is 0 Å². The van der Waals surface area contributed by atoms with E-state index in [1.54, 1.807) is 17.4 Å². The van der Waals surface area contributed by atoms with Crippen molar-refractivity contribution in [1.29, 1.82) is 0 Å². The fraction of sp³-hybridized carbons (Fsp3) is 0.300. The largest absolute Gasteiger partial charge is 0.478 e. The summed E-state index contributed by atoms with van der Waals surface area (Å²) in [4.78, 5) is 22.3. The molecule has 0 unspecified atom stereocenters. The number of carbonyl (C=O) groups is 1. The van der Waals surface area contributed by atoms with Crippen LogP contribution in [0, 0.1) is 13.8 Å². The monoisotopic (exact) mass is 495 g/mol. The quantitative estimate of drug-likeness (QED) is 0.275. The van der Waals surface area contributed by atoms with E-state index in [0.717, 1.165) is 43.3 Å². The van der Waals surface area contributed by atoms with E-state index in [-0.39, 0.29) is 0 Å². The van der Waals surface area contributed by atoms with Crippen LogP contribution in [0.3, 0.4) is 0 Å². The van der Waals surface area contributed by atoms with Crippen molar-refractivity contribution >= 4 is 39.1 Å². The van der Waals surface area contributed by atoms with Crippen LogP contribution in [0.25, 0.3) is 43.6 Å². The second-order valence-electron chi connectivity index (χ2n) is 9.94. The van der Waals surface area contributed by atoms with E-state index in [9.17, 15) is 9.90 Å². The van der Waals surface area contributed by atoms with Gasteiger partial charge in [0.1, 0.15) is 0 Å². The molecule has 3 aromatic heterocycles. The number of carboxylic acids is 1. The minimum atomic E-state index is -0.891. The number of fused-ring (bicyclic) bond motifs is 2. The van der Waals surface area contributed by atoms with E-state index in [1.165, 1.54) is 48.7 Å². The molecule has 0 aliphatic heterocycles. The highest BCUT2D eigenvalue weighted by Gasteiger charge is 2.26. The van der Waals surface area contributed by atoms with Crippen molar-refractivity contribution in [2.45, 2.75) is 51.9 Å². The SMILES string of the molecule is Cc1nc(C)c(-c2ccc3cc(-c4c(C5CCCCC5)c5ccc(C(=O)O)cc5n4C)ccc3n2)s1. The lowest BCUT2D eigenvalue weighted by Crippen LogP contribution is -2.06. The van der Waals surface area contributed by atoms with Gasteiger partial charge in [-0.25, -0.2) is 14.8 Å². The summed E-state index contributed by atoms with van der Waals surface area (Å²) in [6.07, 6.45) is 6.14. The van der Waals surface area contributed by atoms with Crippen LogP contribution >= 0.6 is 11.3 Å². The van der Waals surface area contributed by atoms with Gasteiger partial charge >= 0.3 is 5.97 Å². The number of hydrogen-bond donors (Lipinski definition) is 1. The van der Waals surface area contributed by atoms with Gasteiger partial charge in [0.05, 0.1) is 38.0 Å². The van der Waals surface area contributed by atoms with Gasteiger partial charge in [-0.2, -0.15) is 0 Å². The van der Waals surface area contributed by atoms with Crippen molar-refractivity contribution in [3.05, 3.63) is 70.4 Å². The van der Waals surface area contributed by atoms with Crippen LogP contribution in [-0.2, 0) is 7.05 Å². The van der Waals surface area contributed by atoms with Crippen LogP contribution in [0.1, 0.15) is 64.6 Å². The molecule has 0 atom stereocenters. The zero-order valence-electron chi connectivity index (χ0n) is 20.8. The van der Waals surface area contributed by atoms with E-state index >= 15 is 0 Å². The molecule has 182 valence electrons. The van der Waals surface area contributed by atoms with Crippen molar-refractivity contribution in [2.75, 3.05) is 0 Å². The maximum Gasteiger partial charge on any atom is 0.335 e. The third kappa shape index (κ3) is 3.80. The van der Waals surface area contributed by atoms with E-state index in [1.807, 2.05) is 26.0 Å². The van der Waals surface area contributed by atoms with E-state index < -0.39 is 5.97 Å². The highest BCUT2D eigenvalue weighted by atomic mass is 32.1. The predicted octanol–water partition coefficient (Wildman–Crippen LogP) is 7.88. The minimum Gasteiger partial charge on any atom is -0.478 e. The third-order valence-corrected chi connectivity index (χ3v) is 8.69. The molecule has 2 aromatic carbocycles.